The molecule has 0 saturated carbocycles. The van der Waals surface area contributed by atoms with Crippen molar-refractivity contribution in [2.45, 2.75) is 26.0 Å². The molecule has 0 bridgehead atoms. The predicted molar refractivity (Wildman–Crippen MR) is 116 cm³/mol. The van der Waals surface area contributed by atoms with Crippen molar-refractivity contribution in [3.05, 3.63) is 89.9 Å². The van der Waals surface area contributed by atoms with Crippen molar-refractivity contribution in [2.75, 3.05) is 13.1 Å². The van der Waals surface area contributed by atoms with Gasteiger partial charge in [-0.3, -0.25) is 9.59 Å². The standard InChI is InChI=1S/C25H26N2O4/c28-24(20-10-13-27(14-11-20)25(29)22-12-15-30-18-22)26-16-21-8-4-5-9-23(21)31-17-19-6-2-1-3-7-19/h1-9,12,15,18,20H,10-11,13-14,16-17H2,(H,26,28). The zero-order chi connectivity index (χ0) is 21.5. The lowest BCUT2D eigenvalue weighted by molar-refractivity contribution is -0.126. The van der Waals surface area contributed by atoms with E-state index in [0.717, 1.165) is 16.9 Å². The van der Waals surface area contributed by atoms with Crippen molar-refractivity contribution >= 4 is 11.8 Å². The topological polar surface area (TPSA) is 71.8 Å². The fraction of sp³-hybridized carbons (Fsp3) is 0.280. The third kappa shape index (κ3) is 5.34. The highest BCUT2D eigenvalue weighted by molar-refractivity contribution is 5.94. The van der Waals surface area contributed by atoms with Gasteiger partial charge in [-0.1, -0.05) is 48.5 Å². The Labute approximate surface area is 181 Å². The zero-order valence-electron chi connectivity index (χ0n) is 17.3. The minimum Gasteiger partial charge on any atom is -0.489 e. The average Bonchev–Trinajstić information content (AvgIpc) is 3.37. The molecule has 0 atom stereocenters. The summed E-state index contributed by atoms with van der Waals surface area (Å²) in [6, 6.07) is 19.4. The van der Waals surface area contributed by atoms with Crippen LogP contribution in [0.5, 0.6) is 5.75 Å². The number of hydrogen-bond acceptors (Lipinski definition) is 4. The summed E-state index contributed by atoms with van der Waals surface area (Å²) in [7, 11) is 0. The van der Waals surface area contributed by atoms with Crippen LogP contribution in [0.3, 0.4) is 0 Å². The fourth-order valence-corrected chi connectivity index (χ4v) is 3.77. The molecule has 1 aromatic heterocycles. The molecular formula is C25H26N2O4. The van der Waals surface area contributed by atoms with Gasteiger partial charge in [0, 0.05) is 31.1 Å². The second-order valence-electron chi connectivity index (χ2n) is 7.68. The van der Waals surface area contributed by atoms with Crippen LogP contribution in [-0.2, 0) is 17.9 Å². The maximum Gasteiger partial charge on any atom is 0.257 e. The van der Waals surface area contributed by atoms with E-state index in [2.05, 4.69) is 5.32 Å². The average molecular weight is 418 g/mol. The molecular weight excluding hydrogens is 392 g/mol. The third-order valence-corrected chi connectivity index (χ3v) is 5.58. The summed E-state index contributed by atoms with van der Waals surface area (Å²) in [5, 5.41) is 3.04. The Morgan fingerprint density at radius 2 is 1.74 bits per heavy atom. The lowest BCUT2D eigenvalue weighted by atomic mass is 9.95. The van der Waals surface area contributed by atoms with Crippen molar-refractivity contribution in [1.29, 1.82) is 0 Å². The Morgan fingerprint density at radius 3 is 2.48 bits per heavy atom. The lowest BCUT2D eigenvalue weighted by Crippen LogP contribution is -2.42. The highest BCUT2D eigenvalue weighted by atomic mass is 16.5. The molecule has 31 heavy (non-hydrogen) atoms. The van der Waals surface area contributed by atoms with E-state index >= 15 is 0 Å². The summed E-state index contributed by atoms with van der Waals surface area (Å²) in [6.07, 6.45) is 4.26. The van der Waals surface area contributed by atoms with Crippen LogP contribution >= 0.6 is 0 Å². The van der Waals surface area contributed by atoms with Crippen molar-refractivity contribution in [3.63, 3.8) is 0 Å². The minimum atomic E-state index is -0.0919. The molecule has 1 fully saturated rings. The third-order valence-electron chi connectivity index (χ3n) is 5.58. The van der Waals surface area contributed by atoms with Gasteiger partial charge in [0.2, 0.25) is 5.91 Å². The number of nitrogens with one attached hydrogen (secondary N) is 1. The highest BCUT2D eigenvalue weighted by Gasteiger charge is 2.28. The summed E-state index contributed by atoms with van der Waals surface area (Å²) in [6.45, 7) is 2.03. The molecule has 2 aromatic carbocycles. The van der Waals surface area contributed by atoms with E-state index in [1.165, 1.54) is 12.5 Å². The molecule has 1 saturated heterocycles. The van der Waals surface area contributed by atoms with Gasteiger partial charge in [0.05, 0.1) is 11.8 Å². The smallest absolute Gasteiger partial charge is 0.257 e. The number of hydrogen-bond donors (Lipinski definition) is 1. The molecule has 0 aliphatic carbocycles. The van der Waals surface area contributed by atoms with Crippen LogP contribution in [0.4, 0.5) is 0 Å². The molecule has 3 aromatic rings. The molecule has 0 radical (unpaired) electrons. The molecule has 4 rings (SSSR count). The Morgan fingerprint density at radius 1 is 1.00 bits per heavy atom. The number of carbonyl (C=O) groups is 2. The first-order chi connectivity index (χ1) is 15.2. The SMILES string of the molecule is O=C(NCc1ccccc1OCc1ccccc1)C1CCN(C(=O)c2ccoc2)CC1. The number of piperidine rings is 1. The molecule has 160 valence electrons. The first-order valence-corrected chi connectivity index (χ1v) is 10.5. The van der Waals surface area contributed by atoms with Crippen LogP contribution < -0.4 is 10.1 Å². The summed E-state index contributed by atoms with van der Waals surface area (Å²) < 4.78 is 11.0. The van der Waals surface area contributed by atoms with Gasteiger partial charge >= 0.3 is 0 Å². The van der Waals surface area contributed by atoms with Gasteiger partial charge in [-0.05, 0) is 30.5 Å². The van der Waals surface area contributed by atoms with E-state index < -0.39 is 0 Å². The van der Waals surface area contributed by atoms with Crippen LogP contribution in [-0.4, -0.2) is 29.8 Å². The number of amides is 2. The molecule has 1 aliphatic heterocycles. The molecule has 6 nitrogen and oxygen atoms in total. The normalized spacial score (nSPS) is 14.3. The second-order valence-corrected chi connectivity index (χ2v) is 7.68. The molecule has 1 aliphatic rings. The molecule has 2 amide bonds. The van der Waals surface area contributed by atoms with Crippen LogP contribution in [0.15, 0.2) is 77.6 Å². The molecule has 6 heteroatoms. The predicted octanol–water partition coefficient (Wildman–Crippen LogP) is 4.03. The number of rotatable bonds is 7. The lowest BCUT2D eigenvalue weighted by Gasteiger charge is -2.31. The van der Waals surface area contributed by atoms with E-state index in [-0.39, 0.29) is 17.7 Å². The summed E-state index contributed by atoms with van der Waals surface area (Å²) in [5.41, 5.74) is 2.59. The van der Waals surface area contributed by atoms with Crippen molar-refractivity contribution < 1.29 is 18.7 Å². The van der Waals surface area contributed by atoms with Crippen LogP contribution in [0, 0.1) is 5.92 Å². The van der Waals surface area contributed by atoms with Gasteiger partial charge in [0.1, 0.15) is 18.6 Å². The van der Waals surface area contributed by atoms with E-state index in [4.69, 9.17) is 9.15 Å². The van der Waals surface area contributed by atoms with Gasteiger partial charge in [0.15, 0.2) is 0 Å². The number of likely N-dealkylation sites (tertiary alicyclic amines) is 1. The Balaban J connectivity index is 1.27. The Kier molecular flexibility index (Phi) is 6.67. The molecule has 0 unspecified atom stereocenters. The minimum absolute atomic E-state index is 0.0215. The monoisotopic (exact) mass is 418 g/mol. The maximum absolute atomic E-state index is 12.7. The van der Waals surface area contributed by atoms with E-state index in [1.807, 2.05) is 54.6 Å². The van der Waals surface area contributed by atoms with E-state index in [9.17, 15) is 9.59 Å². The van der Waals surface area contributed by atoms with Crippen molar-refractivity contribution in [1.82, 2.24) is 10.2 Å². The van der Waals surface area contributed by atoms with E-state index in [0.29, 0.717) is 44.6 Å². The summed E-state index contributed by atoms with van der Waals surface area (Å²) in [4.78, 5) is 26.9. The molecule has 1 N–H and O–H groups in total. The first kappa shape index (κ1) is 20.7. The van der Waals surface area contributed by atoms with Gasteiger partial charge < -0.3 is 19.4 Å². The van der Waals surface area contributed by atoms with Gasteiger partial charge in [0.25, 0.3) is 5.91 Å². The number of para-hydroxylation sites is 1. The van der Waals surface area contributed by atoms with Gasteiger partial charge in [-0.2, -0.15) is 0 Å². The number of ether oxygens (including phenoxy) is 1. The maximum atomic E-state index is 12.7. The summed E-state index contributed by atoms with van der Waals surface area (Å²) >= 11 is 0. The summed E-state index contributed by atoms with van der Waals surface area (Å²) in [5.74, 6) is 0.656. The van der Waals surface area contributed by atoms with Gasteiger partial charge in [-0.25, -0.2) is 0 Å². The number of benzene rings is 2. The largest absolute Gasteiger partial charge is 0.489 e. The van der Waals surface area contributed by atoms with Crippen molar-refractivity contribution in [3.8, 4) is 5.75 Å². The molecule has 2 heterocycles. The fourth-order valence-electron chi connectivity index (χ4n) is 3.77. The first-order valence-electron chi connectivity index (χ1n) is 10.5. The number of carbonyl (C=O) groups excluding carboxylic acids is 2. The van der Waals surface area contributed by atoms with Crippen molar-refractivity contribution in [2.24, 2.45) is 5.92 Å². The molecule has 0 spiro atoms. The number of nitrogens with zero attached hydrogens (tertiary/aromatic N) is 1. The highest BCUT2D eigenvalue weighted by Crippen LogP contribution is 2.22. The Hall–Kier alpha value is -3.54. The van der Waals surface area contributed by atoms with Crippen LogP contribution in [0.25, 0.3) is 0 Å². The van der Waals surface area contributed by atoms with Gasteiger partial charge in [-0.15, -0.1) is 0 Å². The quantitative estimate of drug-likeness (QED) is 0.629. The number of furan rings is 1. The van der Waals surface area contributed by atoms with Crippen LogP contribution in [0.2, 0.25) is 0 Å². The zero-order valence-corrected chi connectivity index (χ0v) is 17.3. The van der Waals surface area contributed by atoms with E-state index in [1.54, 1.807) is 11.0 Å². The van der Waals surface area contributed by atoms with Crippen LogP contribution in [0.1, 0.15) is 34.3 Å². The second kappa shape index (κ2) is 9.98. The Bertz CT molecular complexity index is 993.